The summed E-state index contributed by atoms with van der Waals surface area (Å²) in [5.41, 5.74) is -0.322. The molecule has 2 aliphatic rings. The van der Waals surface area contributed by atoms with E-state index in [4.69, 9.17) is 4.74 Å². The minimum absolute atomic E-state index is 0.0146. The number of rotatable bonds is 4. The highest BCUT2D eigenvalue weighted by Crippen LogP contribution is 2.33. The van der Waals surface area contributed by atoms with Crippen LogP contribution in [-0.4, -0.2) is 52.6 Å². The maximum absolute atomic E-state index is 12.9. The molecule has 2 heterocycles. The molecule has 0 aliphatic carbocycles. The third kappa shape index (κ3) is 3.73. The third-order valence-electron chi connectivity index (χ3n) is 4.30. The van der Waals surface area contributed by atoms with Crippen LogP contribution in [0.4, 0.5) is 0 Å². The molecule has 0 aromatic heterocycles. The average molecular weight is 387 g/mol. The van der Waals surface area contributed by atoms with E-state index >= 15 is 0 Å². The summed E-state index contributed by atoms with van der Waals surface area (Å²) in [6.45, 7) is 5.15. The summed E-state index contributed by atoms with van der Waals surface area (Å²) in [6.07, 6.45) is 0.112. The number of carbonyl (C=O) groups excluding carboxylic acids is 5. The van der Waals surface area contributed by atoms with Crippen molar-refractivity contribution in [3.8, 4) is 5.75 Å². The van der Waals surface area contributed by atoms with Crippen molar-refractivity contribution in [2.24, 2.45) is 0 Å². The monoisotopic (exact) mass is 387 g/mol. The van der Waals surface area contributed by atoms with Crippen LogP contribution >= 0.6 is 0 Å². The van der Waals surface area contributed by atoms with Crippen LogP contribution in [0.1, 0.15) is 54.3 Å². The van der Waals surface area contributed by atoms with Gasteiger partial charge in [-0.15, -0.1) is 0 Å². The lowest BCUT2D eigenvalue weighted by molar-refractivity contribution is -0.136. The van der Waals surface area contributed by atoms with Gasteiger partial charge in [-0.25, -0.2) is 0 Å². The minimum Gasteiger partial charge on any atom is -0.483 e. The molecule has 28 heavy (non-hydrogen) atoms. The molecule has 5 amide bonds. The highest BCUT2D eigenvalue weighted by atomic mass is 16.5. The van der Waals surface area contributed by atoms with Crippen LogP contribution in [-0.2, 0) is 14.4 Å². The number of nitrogens with zero attached hydrogens (tertiary/aromatic N) is 1. The van der Waals surface area contributed by atoms with Gasteiger partial charge in [-0.3, -0.25) is 34.2 Å². The van der Waals surface area contributed by atoms with E-state index in [1.165, 1.54) is 18.2 Å². The number of imide groups is 2. The number of hydrogen-bond donors (Lipinski definition) is 2. The molecule has 3 rings (SSSR count). The first-order valence-corrected chi connectivity index (χ1v) is 8.87. The van der Waals surface area contributed by atoms with Crippen molar-refractivity contribution in [1.29, 1.82) is 0 Å². The number of amides is 5. The van der Waals surface area contributed by atoms with Crippen molar-refractivity contribution in [2.75, 3.05) is 6.61 Å². The Hall–Kier alpha value is -3.23. The molecule has 148 valence electrons. The van der Waals surface area contributed by atoms with Gasteiger partial charge in [0.05, 0.1) is 11.1 Å². The smallest absolute Gasteiger partial charge is 0.266 e. The molecule has 1 saturated heterocycles. The van der Waals surface area contributed by atoms with E-state index in [-0.39, 0.29) is 42.2 Å². The molecule has 0 bridgehead atoms. The first kappa shape index (κ1) is 19.5. The molecule has 9 heteroatoms. The van der Waals surface area contributed by atoms with Crippen LogP contribution in [0.5, 0.6) is 5.75 Å². The van der Waals surface area contributed by atoms with Gasteiger partial charge >= 0.3 is 0 Å². The summed E-state index contributed by atoms with van der Waals surface area (Å²) >= 11 is 0. The first-order valence-electron chi connectivity index (χ1n) is 8.87. The Kier molecular flexibility index (Phi) is 4.93. The maximum Gasteiger partial charge on any atom is 0.266 e. The molecule has 1 atom stereocenters. The molecular formula is C19H21N3O6. The zero-order valence-corrected chi connectivity index (χ0v) is 15.8. The Bertz CT molecular complexity index is 886. The Morgan fingerprint density at radius 2 is 1.93 bits per heavy atom. The van der Waals surface area contributed by atoms with Gasteiger partial charge in [0.25, 0.3) is 17.7 Å². The van der Waals surface area contributed by atoms with Crippen LogP contribution in [0.25, 0.3) is 0 Å². The number of carbonyl (C=O) groups is 5. The second kappa shape index (κ2) is 7.06. The van der Waals surface area contributed by atoms with E-state index in [0.29, 0.717) is 0 Å². The van der Waals surface area contributed by atoms with Gasteiger partial charge in [0.2, 0.25) is 11.8 Å². The summed E-state index contributed by atoms with van der Waals surface area (Å²) in [6, 6.07) is 3.43. The van der Waals surface area contributed by atoms with Gasteiger partial charge in [0.1, 0.15) is 11.8 Å². The first-order chi connectivity index (χ1) is 13.1. The molecule has 2 N–H and O–H groups in total. The van der Waals surface area contributed by atoms with Crippen LogP contribution < -0.4 is 15.4 Å². The average Bonchev–Trinajstić information content (AvgIpc) is 2.84. The van der Waals surface area contributed by atoms with Gasteiger partial charge in [-0.1, -0.05) is 6.07 Å². The highest BCUT2D eigenvalue weighted by molar-refractivity contribution is 6.24. The second-order valence-electron chi connectivity index (χ2n) is 7.71. The maximum atomic E-state index is 12.9. The lowest BCUT2D eigenvalue weighted by Gasteiger charge is -2.27. The summed E-state index contributed by atoms with van der Waals surface area (Å²) in [5.74, 6) is -2.71. The van der Waals surface area contributed by atoms with Gasteiger partial charge in [0, 0.05) is 12.0 Å². The predicted molar refractivity (Wildman–Crippen MR) is 96.5 cm³/mol. The number of ether oxygens (including phenoxy) is 1. The molecule has 1 fully saturated rings. The number of hydrogen-bond acceptors (Lipinski definition) is 6. The second-order valence-corrected chi connectivity index (χ2v) is 7.71. The van der Waals surface area contributed by atoms with Crippen molar-refractivity contribution >= 4 is 29.5 Å². The molecule has 2 aliphatic heterocycles. The zero-order valence-electron chi connectivity index (χ0n) is 15.8. The Morgan fingerprint density at radius 3 is 2.57 bits per heavy atom. The zero-order chi connectivity index (χ0) is 20.6. The van der Waals surface area contributed by atoms with Gasteiger partial charge in [-0.05, 0) is 39.3 Å². The number of nitrogens with one attached hydrogen (secondary N) is 2. The molecule has 9 nitrogen and oxygen atoms in total. The Morgan fingerprint density at radius 1 is 1.21 bits per heavy atom. The van der Waals surface area contributed by atoms with E-state index in [2.05, 4.69) is 10.6 Å². The Labute approximate surface area is 161 Å². The molecule has 0 spiro atoms. The topological polar surface area (TPSA) is 122 Å². The third-order valence-corrected chi connectivity index (χ3v) is 4.30. The predicted octanol–water partition coefficient (Wildman–Crippen LogP) is 0.381. The van der Waals surface area contributed by atoms with Crippen molar-refractivity contribution in [2.45, 2.75) is 45.2 Å². The largest absolute Gasteiger partial charge is 0.483 e. The molecule has 1 aromatic rings. The standard InChI is InChI=1S/C19H21N3O6/c1-19(2,3)21-14(24)9-28-12-6-4-5-10-15(12)18(27)22(17(10)26)11-7-8-13(23)20-16(11)25/h4-6,11H,7-9H2,1-3H3,(H,21,24)(H,20,23,25). The fraction of sp³-hybridized carbons (Fsp3) is 0.421. The van der Waals surface area contributed by atoms with E-state index < -0.39 is 35.2 Å². The summed E-state index contributed by atoms with van der Waals surface area (Å²) < 4.78 is 5.49. The van der Waals surface area contributed by atoms with Gasteiger partial charge < -0.3 is 10.1 Å². The molecule has 0 radical (unpaired) electrons. The molecule has 1 unspecified atom stereocenters. The van der Waals surface area contributed by atoms with Crippen molar-refractivity contribution in [1.82, 2.24) is 15.5 Å². The van der Waals surface area contributed by atoms with Crippen molar-refractivity contribution in [3.05, 3.63) is 29.3 Å². The minimum atomic E-state index is -1.05. The quantitative estimate of drug-likeness (QED) is 0.721. The van der Waals surface area contributed by atoms with Crippen LogP contribution in [0.15, 0.2) is 18.2 Å². The molecule has 1 aromatic carbocycles. The van der Waals surface area contributed by atoms with E-state index in [9.17, 15) is 24.0 Å². The normalized spacial score (nSPS) is 19.4. The van der Waals surface area contributed by atoms with E-state index in [1.807, 2.05) is 20.8 Å². The van der Waals surface area contributed by atoms with E-state index in [0.717, 1.165) is 4.90 Å². The lowest BCUT2D eigenvalue weighted by Crippen LogP contribution is -2.54. The number of fused-ring (bicyclic) bond motifs is 1. The molecule has 0 saturated carbocycles. The van der Waals surface area contributed by atoms with Crippen molar-refractivity contribution < 1.29 is 28.7 Å². The van der Waals surface area contributed by atoms with Crippen LogP contribution in [0, 0.1) is 0 Å². The van der Waals surface area contributed by atoms with Crippen LogP contribution in [0.2, 0.25) is 0 Å². The number of benzene rings is 1. The summed E-state index contributed by atoms with van der Waals surface area (Å²) in [7, 11) is 0. The Balaban J connectivity index is 1.81. The fourth-order valence-corrected chi connectivity index (χ4v) is 3.20. The lowest BCUT2D eigenvalue weighted by atomic mass is 10.0. The fourth-order valence-electron chi connectivity index (χ4n) is 3.20. The summed E-state index contributed by atoms with van der Waals surface area (Å²) in [4.78, 5) is 61.9. The van der Waals surface area contributed by atoms with Crippen LogP contribution in [0.3, 0.4) is 0 Å². The van der Waals surface area contributed by atoms with E-state index in [1.54, 1.807) is 0 Å². The number of piperidine rings is 1. The SMILES string of the molecule is CC(C)(C)NC(=O)COc1cccc2c1C(=O)N(C1CCC(=O)NC1=O)C2=O. The molecular weight excluding hydrogens is 366 g/mol. The summed E-state index contributed by atoms with van der Waals surface area (Å²) in [5, 5.41) is 4.88. The van der Waals surface area contributed by atoms with Gasteiger partial charge in [0.15, 0.2) is 6.61 Å². The van der Waals surface area contributed by atoms with Gasteiger partial charge in [-0.2, -0.15) is 0 Å². The van der Waals surface area contributed by atoms with Crippen molar-refractivity contribution in [3.63, 3.8) is 0 Å². The highest BCUT2D eigenvalue weighted by Gasteiger charge is 2.46.